The average Bonchev–Trinajstić information content (AvgIpc) is 2.04. The van der Waals surface area contributed by atoms with E-state index in [9.17, 15) is 0 Å². The molecule has 60 valence electrons. The zero-order valence-electron chi connectivity index (χ0n) is 5.73. The van der Waals surface area contributed by atoms with E-state index in [2.05, 4.69) is 9.97 Å². The van der Waals surface area contributed by atoms with Crippen LogP contribution in [0.4, 0.5) is 0 Å². The standard InChI is InChI=1S/C8H6N2O.Ga.3H/c11-8-5-9-6-3-1-2-4-7(6)10-8;;;;/h1-5H,(H,10,11);;;;. The van der Waals surface area contributed by atoms with Crippen molar-refractivity contribution in [2.45, 2.75) is 0 Å². The van der Waals surface area contributed by atoms with E-state index in [1.165, 1.54) is 6.20 Å². The molecule has 0 amide bonds. The summed E-state index contributed by atoms with van der Waals surface area (Å²) in [5.41, 5.74) is 1.51. The molecule has 1 heterocycles. The SMILES string of the molecule is Oc1cnc2ccccc2n1.[GaH3]. The monoisotopic (exact) mass is 218 g/mol. The number of fused-ring (bicyclic) bond motifs is 1. The molecular weight excluding hydrogens is 210 g/mol. The molecule has 1 aromatic heterocycles. The van der Waals surface area contributed by atoms with Crippen LogP contribution in [0, 0.1) is 0 Å². The molecule has 3 nitrogen and oxygen atoms in total. The summed E-state index contributed by atoms with van der Waals surface area (Å²) in [6, 6.07) is 7.40. The van der Waals surface area contributed by atoms with E-state index in [-0.39, 0.29) is 25.7 Å². The second kappa shape index (κ2) is 3.60. The first-order valence-electron chi connectivity index (χ1n) is 3.27. The van der Waals surface area contributed by atoms with Gasteiger partial charge in [-0.2, -0.15) is 0 Å². The van der Waals surface area contributed by atoms with Crippen LogP contribution in [-0.4, -0.2) is 34.9 Å². The summed E-state index contributed by atoms with van der Waals surface area (Å²) in [5.74, 6) is -0.0382. The Balaban J connectivity index is 0.000000720. The topological polar surface area (TPSA) is 46.0 Å². The van der Waals surface area contributed by atoms with Gasteiger partial charge in [-0.15, -0.1) is 0 Å². The van der Waals surface area contributed by atoms with Crippen molar-refractivity contribution in [2.75, 3.05) is 0 Å². The number of para-hydroxylation sites is 2. The van der Waals surface area contributed by atoms with Crippen LogP contribution in [0.3, 0.4) is 0 Å². The van der Waals surface area contributed by atoms with E-state index in [4.69, 9.17) is 5.11 Å². The van der Waals surface area contributed by atoms with Gasteiger partial charge in [-0.25, -0.2) is 9.97 Å². The first-order valence-corrected chi connectivity index (χ1v) is 3.27. The van der Waals surface area contributed by atoms with Crippen molar-refractivity contribution in [3.05, 3.63) is 30.5 Å². The van der Waals surface area contributed by atoms with Crippen LogP contribution in [0.15, 0.2) is 30.5 Å². The van der Waals surface area contributed by atoms with E-state index in [1.807, 2.05) is 24.3 Å². The second-order valence-electron chi connectivity index (χ2n) is 2.22. The minimum atomic E-state index is -0.0382. The number of hydrogen-bond donors (Lipinski definition) is 1. The first-order chi connectivity index (χ1) is 5.36. The summed E-state index contributed by atoms with van der Waals surface area (Å²) in [7, 11) is 0. The van der Waals surface area contributed by atoms with Crippen molar-refractivity contribution in [3.63, 3.8) is 0 Å². The van der Waals surface area contributed by atoms with Gasteiger partial charge in [0.2, 0.25) is 5.88 Å². The predicted octanol–water partition coefficient (Wildman–Crippen LogP) is 0.151. The van der Waals surface area contributed by atoms with E-state index in [1.54, 1.807) is 0 Å². The number of rotatable bonds is 0. The molecule has 0 saturated carbocycles. The van der Waals surface area contributed by atoms with Gasteiger partial charge in [0.05, 0.1) is 17.2 Å². The van der Waals surface area contributed by atoms with Crippen LogP contribution in [-0.2, 0) is 0 Å². The molecule has 12 heavy (non-hydrogen) atoms. The molecular formula is C8H9GaN2O. The third-order valence-corrected chi connectivity index (χ3v) is 1.44. The van der Waals surface area contributed by atoms with Crippen LogP contribution in [0.25, 0.3) is 11.0 Å². The van der Waals surface area contributed by atoms with Crippen LogP contribution in [0.1, 0.15) is 0 Å². The fourth-order valence-electron chi connectivity index (χ4n) is 0.947. The van der Waals surface area contributed by atoms with Crippen molar-refractivity contribution in [3.8, 4) is 5.88 Å². The van der Waals surface area contributed by atoms with Gasteiger partial charge >= 0.3 is 19.8 Å². The second-order valence-corrected chi connectivity index (χ2v) is 2.22. The Morgan fingerprint density at radius 3 is 2.50 bits per heavy atom. The summed E-state index contributed by atoms with van der Waals surface area (Å²) in [6.07, 6.45) is 1.34. The molecule has 0 spiro atoms. The molecule has 4 heteroatoms. The summed E-state index contributed by atoms with van der Waals surface area (Å²) >= 11 is 0. The van der Waals surface area contributed by atoms with Crippen molar-refractivity contribution < 1.29 is 5.11 Å². The minimum absolute atomic E-state index is 0. The molecule has 0 aliphatic carbocycles. The van der Waals surface area contributed by atoms with Gasteiger partial charge in [0.15, 0.2) is 0 Å². The van der Waals surface area contributed by atoms with Gasteiger partial charge in [-0.3, -0.25) is 0 Å². The quantitative estimate of drug-likeness (QED) is 0.641. The summed E-state index contributed by atoms with van der Waals surface area (Å²) in [6.45, 7) is 0. The third-order valence-electron chi connectivity index (χ3n) is 1.44. The van der Waals surface area contributed by atoms with Crippen molar-refractivity contribution in [1.29, 1.82) is 0 Å². The van der Waals surface area contributed by atoms with Gasteiger partial charge in [-0.05, 0) is 12.1 Å². The normalized spacial score (nSPS) is 9.33. The maximum atomic E-state index is 8.96. The Hall–Kier alpha value is -1.00. The van der Waals surface area contributed by atoms with E-state index in [0.29, 0.717) is 5.52 Å². The fraction of sp³-hybridized carbons (Fsp3) is 0. The third kappa shape index (κ3) is 1.59. The molecule has 0 aliphatic rings. The van der Waals surface area contributed by atoms with Crippen molar-refractivity contribution >= 4 is 30.8 Å². The van der Waals surface area contributed by atoms with Crippen LogP contribution >= 0.6 is 0 Å². The van der Waals surface area contributed by atoms with Gasteiger partial charge in [0, 0.05) is 0 Å². The van der Waals surface area contributed by atoms with Gasteiger partial charge in [0.25, 0.3) is 0 Å². The molecule has 2 rings (SSSR count). The molecule has 0 fully saturated rings. The van der Waals surface area contributed by atoms with E-state index >= 15 is 0 Å². The summed E-state index contributed by atoms with van der Waals surface area (Å²) < 4.78 is 0. The summed E-state index contributed by atoms with van der Waals surface area (Å²) in [4.78, 5) is 7.84. The maximum absolute atomic E-state index is 8.96. The first kappa shape index (κ1) is 9.09. The Kier molecular flexibility index (Phi) is 2.72. The predicted molar refractivity (Wildman–Crippen MR) is 51.1 cm³/mol. The molecule has 0 unspecified atom stereocenters. The zero-order chi connectivity index (χ0) is 7.68. The molecule has 0 atom stereocenters. The molecule has 0 radical (unpaired) electrons. The Morgan fingerprint density at radius 2 is 1.75 bits per heavy atom. The van der Waals surface area contributed by atoms with Crippen LogP contribution in [0.5, 0.6) is 5.88 Å². The number of aromatic hydroxyl groups is 1. The zero-order valence-corrected chi connectivity index (χ0v) is 5.73. The number of hydrogen-bond acceptors (Lipinski definition) is 3. The van der Waals surface area contributed by atoms with Crippen molar-refractivity contribution in [1.82, 2.24) is 9.97 Å². The summed E-state index contributed by atoms with van der Waals surface area (Å²) in [5, 5.41) is 8.96. The average molecular weight is 219 g/mol. The van der Waals surface area contributed by atoms with E-state index < -0.39 is 0 Å². The molecule has 0 saturated heterocycles. The number of aromatic nitrogens is 2. The molecule has 2 aromatic rings. The van der Waals surface area contributed by atoms with Crippen molar-refractivity contribution in [2.24, 2.45) is 0 Å². The molecule has 1 aromatic carbocycles. The Bertz CT molecular complexity index is 391. The Morgan fingerprint density at radius 1 is 1.08 bits per heavy atom. The van der Waals surface area contributed by atoms with Gasteiger partial charge in [0.1, 0.15) is 0 Å². The van der Waals surface area contributed by atoms with Gasteiger partial charge in [-0.1, -0.05) is 12.1 Å². The Labute approximate surface area is 82.5 Å². The molecule has 0 aliphatic heterocycles. The molecule has 1 N–H and O–H groups in total. The van der Waals surface area contributed by atoms with E-state index in [0.717, 1.165) is 5.52 Å². The van der Waals surface area contributed by atoms with Crippen LogP contribution < -0.4 is 0 Å². The number of nitrogens with zero attached hydrogens (tertiary/aromatic N) is 2. The van der Waals surface area contributed by atoms with Gasteiger partial charge < -0.3 is 5.11 Å². The molecule has 0 bridgehead atoms. The van der Waals surface area contributed by atoms with Crippen LogP contribution in [0.2, 0.25) is 0 Å². The number of benzene rings is 1. The fourth-order valence-corrected chi connectivity index (χ4v) is 0.947.